The van der Waals surface area contributed by atoms with Crippen LogP contribution in [-0.2, 0) is 9.53 Å². The van der Waals surface area contributed by atoms with E-state index in [0.29, 0.717) is 12.5 Å². The highest BCUT2D eigenvalue weighted by molar-refractivity contribution is 5.78. The molecule has 1 aliphatic rings. The van der Waals surface area contributed by atoms with E-state index in [0.717, 1.165) is 26.2 Å². The molecule has 3 atom stereocenters. The van der Waals surface area contributed by atoms with Crippen LogP contribution in [0.5, 0.6) is 0 Å². The van der Waals surface area contributed by atoms with Crippen LogP contribution < -0.4 is 5.32 Å². The van der Waals surface area contributed by atoms with Crippen molar-refractivity contribution in [2.75, 3.05) is 19.8 Å². The van der Waals surface area contributed by atoms with Gasteiger partial charge < -0.3 is 9.84 Å². The molecule has 5 nitrogen and oxygen atoms in total. The number of morpholine rings is 1. The highest BCUT2D eigenvalue weighted by Gasteiger charge is 2.38. The number of nitrogens with one attached hydrogen (secondary N) is 1. The van der Waals surface area contributed by atoms with E-state index >= 15 is 0 Å². The van der Waals surface area contributed by atoms with Gasteiger partial charge in [-0.3, -0.25) is 15.0 Å². The number of hydrogen-bond donors (Lipinski definition) is 2. The average molecular weight is 286 g/mol. The third kappa shape index (κ3) is 4.43. The first kappa shape index (κ1) is 17.4. The smallest absolute Gasteiger partial charge is 0.323 e. The minimum Gasteiger partial charge on any atom is -0.480 e. The monoisotopic (exact) mass is 286 g/mol. The fourth-order valence-electron chi connectivity index (χ4n) is 3.15. The number of ether oxygens (including phenoxy) is 1. The minimum atomic E-state index is -0.885. The molecule has 0 bridgehead atoms. The van der Waals surface area contributed by atoms with Crippen molar-refractivity contribution in [3.8, 4) is 0 Å². The molecule has 20 heavy (non-hydrogen) atoms. The van der Waals surface area contributed by atoms with E-state index in [1.54, 1.807) is 6.92 Å². The third-order valence-corrected chi connectivity index (χ3v) is 4.09. The fraction of sp³-hybridized carbons (Fsp3) is 0.933. The first-order valence-electron chi connectivity index (χ1n) is 7.64. The second-order valence-electron chi connectivity index (χ2n) is 6.36. The van der Waals surface area contributed by atoms with Crippen molar-refractivity contribution in [3.05, 3.63) is 0 Å². The van der Waals surface area contributed by atoms with E-state index in [1.165, 1.54) is 0 Å². The van der Waals surface area contributed by atoms with Gasteiger partial charge in [0.1, 0.15) is 5.54 Å². The molecule has 1 aliphatic heterocycles. The second kappa shape index (κ2) is 7.38. The molecule has 0 aromatic rings. The molecular weight excluding hydrogens is 256 g/mol. The summed E-state index contributed by atoms with van der Waals surface area (Å²) in [6.07, 6.45) is 1.63. The van der Waals surface area contributed by atoms with Crippen molar-refractivity contribution < 1.29 is 14.6 Å². The summed E-state index contributed by atoms with van der Waals surface area (Å²) in [7, 11) is 0. The van der Waals surface area contributed by atoms with Gasteiger partial charge in [-0.25, -0.2) is 0 Å². The zero-order valence-electron chi connectivity index (χ0n) is 13.5. The Morgan fingerprint density at radius 1 is 1.50 bits per heavy atom. The lowest BCUT2D eigenvalue weighted by Gasteiger charge is -2.42. The Labute approximate surface area is 122 Å². The first-order chi connectivity index (χ1) is 9.30. The maximum atomic E-state index is 11.6. The van der Waals surface area contributed by atoms with Gasteiger partial charge in [0.2, 0.25) is 0 Å². The Morgan fingerprint density at radius 3 is 2.65 bits per heavy atom. The normalized spacial score (nSPS) is 25.4. The summed E-state index contributed by atoms with van der Waals surface area (Å²) in [5, 5.41) is 12.7. The molecule has 0 spiro atoms. The zero-order valence-corrected chi connectivity index (χ0v) is 13.5. The van der Waals surface area contributed by atoms with Crippen molar-refractivity contribution >= 4 is 5.97 Å². The molecule has 1 saturated heterocycles. The Morgan fingerprint density at radius 2 is 2.15 bits per heavy atom. The summed E-state index contributed by atoms with van der Waals surface area (Å²) in [6.45, 7) is 12.4. The molecule has 0 aromatic carbocycles. The first-order valence-corrected chi connectivity index (χ1v) is 7.64. The highest BCUT2D eigenvalue weighted by atomic mass is 16.5. The lowest BCUT2D eigenvalue weighted by Crippen LogP contribution is -2.58. The van der Waals surface area contributed by atoms with Crippen LogP contribution in [0.15, 0.2) is 0 Å². The molecule has 1 heterocycles. The van der Waals surface area contributed by atoms with E-state index < -0.39 is 11.5 Å². The molecule has 0 saturated carbocycles. The number of carbonyl (C=O) groups is 1. The summed E-state index contributed by atoms with van der Waals surface area (Å²) in [5.41, 5.74) is -0.885. The molecule has 0 aromatic heterocycles. The van der Waals surface area contributed by atoms with Crippen LogP contribution in [0.1, 0.15) is 47.5 Å². The topological polar surface area (TPSA) is 61.8 Å². The van der Waals surface area contributed by atoms with Gasteiger partial charge in [-0.2, -0.15) is 0 Å². The summed E-state index contributed by atoms with van der Waals surface area (Å²) in [6, 6.07) is 0.766. The Hall–Kier alpha value is -0.650. The van der Waals surface area contributed by atoms with Crippen LogP contribution in [0.25, 0.3) is 0 Å². The maximum absolute atomic E-state index is 11.6. The number of aliphatic carboxylic acids is 1. The Kier molecular flexibility index (Phi) is 6.43. The second-order valence-corrected chi connectivity index (χ2v) is 6.36. The summed E-state index contributed by atoms with van der Waals surface area (Å²) < 4.78 is 5.52. The quantitative estimate of drug-likeness (QED) is 0.746. The van der Waals surface area contributed by atoms with E-state index in [1.807, 2.05) is 13.8 Å². The van der Waals surface area contributed by atoms with Crippen LogP contribution in [0.4, 0.5) is 0 Å². The molecule has 2 N–H and O–H groups in total. The van der Waals surface area contributed by atoms with Crippen LogP contribution in [0, 0.1) is 0 Å². The largest absolute Gasteiger partial charge is 0.480 e. The number of rotatable bonds is 7. The van der Waals surface area contributed by atoms with Gasteiger partial charge in [-0.1, -0.05) is 6.92 Å². The van der Waals surface area contributed by atoms with Gasteiger partial charge in [-0.05, 0) is 40.5 Å². The Balaban J connectivity index is 2.74. The van der Waals surface area contributed by atoms with Crippen LogP contribution in [0.2, 0.25) is 0 Å². The Bertz CT molecular complexity index is 322. The molecular formula is C15H30N2O3. The predicted molar refractivity (Wildman–Crippen MR) is 80.0 cm³/mol. The lowest BCUT2D eigenvalue weighted by atomic mass is 9.91. The van der Waals surface area contributed by atoms with Crippen LogP contribution in [0.3, 0.4) is 0 Å². The standard InChI is InChI=1S/C15H30N2O3/c1-6-13-10-20-8-7-17(13)12(4)9-15(5,14(18)19)16-11(2)3/h11-13,16H,6-10H2,1-5H3,(H,18,19). The predicted octanol–water partition coefficient (Wildman–Crippen LogP) is 1.72. The minimum absolute atomic E-state index is 0.148. The fourth-order valence-corrected chi connectivity index (χ4v) is 3.15. The average Bonchev–Trinajstić information content (AvgIpc) is 2.37. The zero-order chi connectivity index (χ0) is 15.3. The molecule has 118 valence electrons. The van der Waals surface area contributed by atoms with Crippen molar-refractivity contribution in [1.29, 1.82) is 0 Å². The number of carboxylic acids is 1. The van der Waals surface area contributed by atoms with E-state index in [4.69, 9.17) is 4.74 Å². The van der Waals surface area contributed by atoms with Gasteiger partial charge >= 0.3 is 5.97 Å². The summed E-state index contributed by atoms with van der Waals surface area (Å²) >= 11 is 0. The molecule has 1 rings (SSSR count). The molecule has 1 fully saturated rings. The SMILES string of the molecule is CCC1COCCN1C(C)CC(C)(NC(C)C)C(=O)O. The van der Waals surface area contributed by atoms with Crippen molar-refractivity contribution in [2.45, 2.75) is 71.1 Å². The maximum Gasteiger partial charge on any atom is 0.323 e. The van der Waals surface area contributed by atoms with Gasteiger partial charge in [0.15, 0.2) is 0 Å². The van der Waals surface area contributed by atoms with Gasteiger partial charge in [0, 0.05) is 24.7 Å². The molecule has 0 amide bonds. The molecule has 0 radical (unpaired) electrons. The molecule has 0 aliphatic carbocycles. The van der Waals surface area contributed by atoms with E-state index in [9.17, 15) is 9.90 Å². The number of carboxylic acid groups (broad SMARTS) is 1. The van der Waals surface area contributed by atoms with Gasteiger partial charge in [0.05, 0.1) is 13.2 Å². The van der Waals surface area contributed by atoms with Crippen molar-refractivity contribution in [2.24, 2.45) is 0 Å². The van der Waals surface area contributed by atoms with Crippen LogP contribution >= 0.6 is 0 Å². The van der Waals surface area contributed by atoms with Crippen molar-refractivity contribution in [1.82, 2.24) is 10.2 Å². The summed E-state index contributed by atoms with van der Waals surface area (Å²) in [5.74, 6) is -0.778. The number of nitrogens with zero attached hydrogens (tertiary/aromatic N) is 1. The van der Waals surface area contributed by atoms with Gasteiger partial charge in [-0.15, -0.1) is 0 Å². The summed E-state index contributed by atoms with van der Waals surface area (Å²) in [4.78, 5) is 14.0. The molecule has 5 heteroatoms. The highest BCUT2D eigenvalue weighted by Crippen LogP contribution is 2.22. The van der Waals surface area contributed by atoms with Crippen LogP contribution in [-0.4, -0.2) is 59.4 Å². The van der Waals surface area contributed by atoms with E-state index in [2.05, 4.69) is 24.1 Å². The molecule has 3 unspecified atom stereocenters. The lowest BCUT2D eigenvalue weighted by molar-refractivity contribution is -0.145. The van der Waals surface area contributed by atoms with Crippen molar-refractivity contribution in [3.63, 3.8) is 0 Å². The number of hydrogen-bond acceptors (Lipinski definition) is 4. The third-order valence-electron chi connectivity index (χ3n) is 4.09. The van der Waals surface area contributed by atoms with Gasteiger partial charge in [0.25, 0.3) is 0 Å². The van der Waals surface area contributed by atoms with E-state index in [-0.39, 0.29) is 12.1 Å².